The minimum Gasteiger partial charge on any atom is -0.0840 e. The number of benzene rings is 1. The van der Waals surface area contributed by atoms with Crippen LogP contribution in [0.5, 0.6) is 0 Å². The third-order valence-electron chi connectivity index (χ3n) is 2.85. The topological polar surface area (TPSA) is 0 Å². The summed E-state index contributed by atoms with van der Waals surface area (Å²) in [7, 11) is 0. The summed E-state index contributed by atoms with van der Waals surface area (Å²) >= 11 is 6.28. The van der Waals surface area contributed by atoms with E-state index in [1.54, 1.807) is 0 Å². The van der Waals surface area contributed by atoms with E-state index in [4.69, 9.17) is 11.6 Å². The highest BCUT2D eigenvalue weighted by Crippen LogP contribution is 2.31. The van der Waals surface area contributed by atoms with Gasteiger partial charge in [-0.05, 0) is 41.5 Å². The van der Waals surface area contributed by atoms with Crippen LogP contribution in [0.15, 0.2) is 12.1 Å². The molecule has 0 heterocycles. The third-order valence-corrected chi connectivity index (χ3v) is 3.18. The molecule has 84 valence electrons. The number of hydrogen-bond acceptors (Lipinski definition) is 0. The molecule has 0 saturated carbocycles. The Hall–Kier alpha value is -0.490. The standard InChI is InChI=1S/C14H21Cl/c1-5-7-11-8-9-13(15)14(10(3)4)12(11)6-2/h8-10H,5-7H2,1-4H3. The van der Waals surface area contributed by atoms with Crippen molar-refractivity contribution in [3.63, 3.8) is 0 Å². The van der Waals surface area contributed by atoms with Gasteiger partial charge in [-0.25, -0.2) is 0 Å². The fourth-order valence-corrected chi connectivity index (χ4v) is 2.62. The van der Waals surface area contributed by atoms with E-state index < -0.39 is 0 Å². The fourth-order valence-electron chi connectivity index (χ4n) is 2.23. The summed E-state index contributed by atoms with van der Waals surface area (Å²) in [5.41, 5.74) is 4.30. The molecular formula is C14H21Cl. The van der Waals surface area contributed by atoms with Crippen molar-refractivity contribution in [1.82, 2.24) is 0 Å². The van der Waals surface area contributed by atoms with Crippen LogP contribution >= 0.6 is 11.6 Å². The van der Waals surface area contributed by atoms with Gasteiger partial charge in [0.1, 0.15) is 0 Å². The zero-order chi connectivity index (χ0) is 11.4. The molecule has 0 radical (unpaired) electrons. The second-order valence-electron chi connectivity index (χ2n) is 4.36. The Labute approximate surface area is 98.7 Å². The maximum absolute atomic E-state index is 6.28. The maximum Gasteiger partial charge on any atom is 0.0443 e. The summed E-state index contributed by atoms with van der Waals surface area (Å²) in [4.78, 5) is 0. The quantitative estimate of drug-likeness (QED) is 0.677. The van der Waals surface area contributed by atoms with Gasteiger partial charge in [-0.1, -0.05) is 51.8 Å². The van der Waals surface area contributed by atoms with E-state index in [0.717, 1.165) is 11.4 Å². The zero-order valence-corrected chi connectivity index (χ0v) is 11.0. The Balaban J connectivity index is 3.27. The number of aryl methyl sites for hydroxylation is 1. The van der Waals surface area contributed by atoms with E-state index in [9.17, 15) is 0 Å². The largest absolute Gasteiger partial charge is 0.0840 e. The molecular weight excluding hydrogens is 204 g/mol. The molecule has 1 aromatic carbocycles. The maximum atomic E-state index is 6.28. The molecule has 15 heavy (non-hydrogen) atoms. The highest BCUT2D eigenvalue weighted by atomic mass is 35.5. The predicted molar refractivity (Wildman–Crippen MR) is 68.9 cm³/mol. The summed E-state index contributed by atoms with van der Waals surface area (Å²) in [5.74, 6) is 0.518. The van der Waals surface area contributed by atoms with Crippen LogP contribution in [0.2, 0.25) is 5.02 Å². The van der Waals surface area contributed by atoms with Gasteiger partial charge in [0.05, 0.1) is 0 Å². The summed E-state index contributed by atoms with van der Waals surface area (Å²) < 4.78 is 0. The fraction of sp³-hybridized carbons (Fsp3) is 0.571. The van der Waals surface area contributed by atoms with Gasteiger partial charge in [-0.3, -0.25) is 0 Å². The molecule has 0 aromatic heterocycles. The number of halogens is 1. The van der Waals surface area contributed by atoms with Crippen molar-refractivity contribution in [3.8, 4) is 0 Å². The number of rotatable bonds is 4. The number of hydrogen-bond donors (Lipinski definition) is 0. The van der Waals surface area contributed by atoms with Gasteiger partial charge in [0.25, 0.3) is 0 Å². The van der Waals surface area contributed by atoms with Crippen molar-refractivity contribution in [3.05, 3.63) is 33.8 Å². The average Bonchev–Trinajstić information content (AvgIpc) is 2.19. The predicted octanol–water partition coefficient (Wildman–Crippen LogP) is 4.98. The van der Waals surface area contributed by atoms with Gasteiger partial charge in [0.15, 0.2) is 0 Å². The Kier molecular flexibility index (Phi) is 4.66. The molecule has 0 aliphatic heterocycles. The van der Waals surface area contributed by atoms with Crippen molar-refractivity contribution in [2.45, 2.75) is 52.9 Å². The summed E-state index contributed by atoms with van der Waals surface area (Å²) in [6.07, 6.45) is 3.45. The smallest absolute Gasteiger partial charge is 0.0443 e. The summed E-state index contributed by atoms with van der Waals surface area (Å²) in [6.45, 7) is 8.88. The van der Waals surface area contributed by atoms with Crippen LogP contribution in [0.1, 0.15) is 56.7 Å². The Bertz CT molecular complexity index is 326. The molecule has 0 atom stereocenters. The van der Waals surface area contributed by atoms with E-state index in [-0.39, 0.29) is 0 Å². The normalized spacial score (nSPS) is 11.1. The minimum absolute atomic E-state index is 0.518. The first-order valence-corrected chi connectivity index (χ1v) is 6.29. The van der Waals surface area contributed by atoms with Gasteiger partial charge in [-0.2, -0.15) is 0 Å². The molecule has 0 aliphatic rings. The SMILES string of the molecule is CCCc1ccc(Cl)c(C(C)C)c1CC. The summed E-state index contributed by atoms with van der Waals surface area (Å²) in [6, 6.07) is 4.25. The Morgan fingerprint density at radius 3 is 2.33 bits per heavy atom. The third kappa shape index (κ3) is 2.75. The lowest BCUT2D eigenvalue weighted by Crippen LogP contribution is -2.02. The molecule has 0 nitrogen and oxygen atoms in total. The van der Waals surface area contributed by atoms with Crippen molar-refractivity contribution in [2.24, 2.45) is 0 Å². The molecule has 0 amide bonds. The highest BCUT2D eigenvalue weighted by molar-refractivity contribution is 6.31. The first-order chi connectivity index (χ1) is 7.11. The van der Waals surface area contributed by atoms with Crippen LogP contribution in [0.3, 0.4) is 0 Å². The first-order valence-electron chi connectivity index (χ1n) is 5.91. The molecule has 1 heteroatoms. The molecule has 0 bridgehead atoms. The van der Waals surface area contributed by atoms with Crippen molar-refractivity contribution in [2.75, 3.05) is 0 Å². The molecule has 0 N–H and O–H groups in total. The zero-order valence-electron chi connectivity index (χ0n) is 10.2. The van der Waals surface area contributed by atoms with Crippen LogP contribution in [0.4, 0.5) is 0 Å². The van der Waals surface area contributed by atoms with Gasteiger partial charge in [-0.15, -0.1) is 0 Å². The van der Waals surface area contributed by atoms with E-state index in [0.29, 0.717) is 5.92 Å². The van der Waals surface area contributed by atoms with Gasteiger partial charge in [0, 0.05) is 5.02 Å². The molecule has 0 saturated heterocycles. The molecule has 0 aliphatic carbocycles. The van der Waals surface area contributed by atoms with Crippen LogP contribution in [0.25, 0.3) is 0 Å². The van der Waals surface area contributed by atoms with Crippen molar-refractivity contribution >= 4 is 11.6 Å². The van der Waals surface area contributed by atoms with E-state index in [1.807, 2.05) is 0 Å². The van der Waals surface area contributed by atoms with Crippen molar-refractivity contribution < 1.29 is 0 Å². The van der Waals surface area contributed by atoms with Crippen LogP contribution in [-0.2, 0) is 12.8 Å². The second kappa shape index (κ2) is 5.55. The molecule has 1 rings (SSSR count). The van der Waals surface area contributed by atoms with Gasteiger partial charge in [0.2, 0.25) is 0 Å². The van der Waals surface area contributed by atoms with E-state index in [2.05, 4.69) is 39.8 Å². The van der Waals surface area contributed by atoms with E-state index in [1.165, 1.54) is 29.5 Å². The molecule has 0 spiro atoms. The highest BCUT2D eigenvalue weighted by Gasteiger charge is 2.13. The minimum atomic E-state index is 0.518. The Morgan fingerprint density at radius 1 is 1.20 bits per heavy atom. The average molecular weight is 225 g/mol. The monoisotopic (exact) mass is 224 g/mol. The molecule has 1 aromatic rings. The van der Waals surface area contributed by atoms with E-state index >= 15 is 0 Å². The van der Waals surface area contributed by atoms with Crippen LogP contribution < -0.4 is 0 Å². The summed E-state index contributed by atoms with van der Waals surface area (Å²) in [5, 5.41) is 0.932. The lowest BCUT2D eigenvalue weighted by molar-refractivity contribution is 0.823. The lowest BCUT2D eigenvalue weighted by Gasteiger charge is -2.17. The van der Waals surface area contributed by atoms with Crippen LogP contribution in [-0.4, -0.2) is 0 Å². The van der Waals surface area contributed by atoms with Gasteiger partial charge >= 0.3 is 0 Å². The molecule has 0 unspecified atom stereocenters. The lowest BCUT2D eigenvalue weighted by atomic mass is 9.90. The molecule has 0 fully saturated rings. The van der Waals surface area contributed by atoms with Crippen LogP contribution in [0, 0.1) is 0 Å². The first kappa shape index (κ1) is 12.6. The van der Waals surface area contributed by atoms with Gasteiger partial charge < -0.3 is 0 Å². The second-order valence-corrected chi connectivity index (χ2v) is 4.76. The van der Waals surface area contributed by atoms with Crippen molar-refractivity contribution in [1.29, 1.82) is 0 Å². The Morgan fingerprint density at radius 2 is 1.87 bits per heavy atom.